The first-order valence-electron chi connectivity index (χ1n) is 8.15. The van der Waals surface area contributed by atoms with Crippen LogP contribution in [0.4, 0.5) is 17.1 Å². The van der Waals surface area contributed by atoms with Crippen molar-refractivity contribution in [3.8, 4) is 0 Å². The van der Waals surface area contributed by atoms with Gasteiger partial charge in [0.2, 0.25) is 5.91 Å². The summed E-state index contributed by atoms with van der Waals surface area (Å²) in [5, 5.41) is 3.05. The molecule has 1 heterocycles. The molecular formula is C17H27N3O. The van der Waals surface area contributed by atoms with E-state index in [0.29, 0.717) is 12.1 Å². The van der Waals surface area contributed by atoms with Crippen molar-refractivity contribution in [2.75, 3.05) is 29.0 Å². The molecule has 0 spiro atoms. The van der Waals surface area contributed by atoms with E-state index in [0.717, 1.165) is 43.7 Å². The fourth-order valence-corrected chi connectivity index (χ4v) is 2.81. The first-order chi connectivity index (χ1) is 10.2. The summed E-state index contributed by atoms with van der Waals surface area (Å²) in [5.41, 5.74) is 8.54. The summed E-state index contributed by atoms with van der Waals surface area (Å²) < 4.78 is 0. The van der Waals surface area contributed by atoms with Gasteiger partial charge in [0, 0.05) is 25.2 Å². The Morgan fingerprint density at radius 1 is 1.24 bits per heavy atom. The Hall–Kier alpha value is -1.71. The van der Waals surface area contributed by atoms with Crippen LogP contribution in [0.1, 0.15) is 51.9 Å². The van der Waals surface area contributed by atoms with E-state index in [1.807, 2.05) is 18.2 Å². The molecule has 1 aromatic rings. The highest BCUT2D eigenvalue weighted by Crippen LogP contribution is 2.30. The highest BCUT2D eigenvalue weighted by Gasteiger charge is 2.16. The number of nitrogen functional groups attached to an aromatic ring is 1. The molecule has 1 amide bonds. The number of hydrogen-bond donors (Lipinski definition) is 2. The van der Waals surface area contributed by atoms with Gasteiger partial charge in [0.1, 0.15) is 0 Å². The maximum absolute atomic E-state index is 12.1. The normalized spacial score (nSPS) is 15.0. The van der Waals surface area contributed by atoms with Gasteiger partial charge in [-0.2, -0.15) is 0 Å². The molecular weight excluding hydrogens is 262 g/mol. The molecule has 3 N–H and O–H groups in total. The van der Waals surface area contributed by atoms with Crippen LogP contribution in [-0.2, 0) is 4.79 Å². The Morgan fingerprint density at radius 2 is 2.00 bits per heavy atom. The number of benzene rings is 1. The minimum Gasteiger partial charge on any atom is -0.399 e. The minimum absolute atomic E-state index is 0.0901. The van der Waals surface area contributed by atoms with Crippen molar-refractivity contribution >= 4 is 23.0 Å². The lowest BCUT2D eigenvalue weighted by atomic mass is 10.1. The first kappa shape index (κ1) is 15.7. The van der Waals surface area contributed by atoms with Crippen LogP contribution in [0.2, 0.25) is 0 Å². The van der Waals surface area contributed by atoms with Crippen LogP contribution >= 0.6 is 0 Å². The van der Waals surface area contributed by atoms with Crippen molar-refractivity contribution in [2.24, 2.45) is 0 Å². The van der Waals surface area contributed by atoms with Gasteiger partial charge in [-0.05, 0) is 43.9 Å². The van der Waals surface area contributed by atoms with Crippen molar-refractivity contribution in [2.45, 2.75) is 51.9 Å². The summed E-state index contributed by atoms with van der Waals surface area (Å²) in [5.74, 6) is 0.0901. The molecule has 0 aromatic heterocycles. The highest BCUT2D eigenvalue weighted by molar-refractivity contribution is 5.95. The predicted molar refractivity (Wildman–Crippen MR) is 89.7 cm³/mol. The van der Waals surface area contributed by atoms with Crippen LogP contribution in [0.5, 0.6) is 0 Å². The van der Waals surface area contributed by atoms with E-state index in [4.69, 9.17) is 5.73 Å². The maximum atomic E-state index is 12.1. The Bertz CT molecular complexity index is 467. The molecule has 1 fully saturated rings. The molecule has 0 aliphatic carbocycles. The third kappa shape index (κ3) is 4.66. The Labute approximate surface area is 127 Å². The quantitative estimate of drug-likeness (QED) is 0.619. The molecule has 1 aromatic carbocycles. The fraction of sp³-hybridized carbons (Fsp3) is 0.588. The summed E-state index contributed by atoms with van der Waals surface area (Å²) in [6, 6.07) is 5.82. The van der Waals surface area contributed by atoms with Gasteiger partial charge in [-0.25, -0.2) is 0 Å². The molecule has 0 saturated carbocycles. The van der Waals surface area contributed by atoms with Crippen LogP contribution < -0.4 is 16.0 Å². The van der Waals surface area contributed by atoms with E-state index >= 15 is 0 Å². The lowest BCUT2D eigenvalue weighted by Gasteiger charge is -2.30. The molecule has 1 aliphatic heterocycles. The topological polar surface area (TPSA) is 58.4 Å². The van der Waals surface area contributed by atoms with E-state index in [2.05, 4.69) is 17.1 Å². The van der Waals surface area contributed by atoms with Gasteiger partial charge in [0.05, 0.1) is 11.4 Å². The Morgan fingerprint density at radius 3 is 2.71 bits per heavy atom. The monoisotopic (exact) mass is 289 g/mol. The van der Waals surface area contributed by atoms with Crippen LogP contribution in [0.15, 0.2) is 18.2 Å². The molecule has 21 heavy (non-hydrogen) atoms. The number of carbonyl (C=O) groups is 1. The van der Waals surface area contributed by atoms with E-state index in [9.17, 15) is 4.79 Å². The smallest absolute Gasteiger partial charge is 0.224 e. The Kier molecular flexibility index (Phi) is 5.90. The molecule has 0 unspecified atom stereocenters. The van der Waals surface area contributed by atoms with Crippen LogP contribution in [0.3, 0.4) is 0 Å². The van der Waals surface area contributed by atoms with Gasteiger partial charge in [0.25, 0.3) is 0 Å². The van der Waals surface area contributed by atoms with Gasteiger partial charge in [-0.3, -0.25) is 4.79 Å². The second-order valence-corrected chi connectivity index (χ2v) is 5.83. The molecule has 0 bridgehead atoms. The summed E-state index contributed by atoms with van der Waals surface area (Å²) in [6.07, 6.45) is 7.49. The van der Waals surface area contributed by atoms with Crippen LogP contribution in [0, 0.1) is 0 Å². The zero-order chi connectivity index (χ0) is 15.1. The van der Waals surface area contributed by atoms with E-state index < -0.39 is 0 Å². The second-order valence-electron chi connectivity index (χ2n) is 5.83. The van der Waals surface area contributed by atoms with Crippen molar-refractivity contribution < 1.29 is 4.79 Å². The van der Waals surface area contributed by atoms with Gasteiger partial charge in [-0.15, -0.1) is 0 Å². The number of amides is 1. The number of anilines is 3. The van der Waals surface area contributed by atoms with E-state index in [1.54, 1.807) is 0 Å². The number of rotatable bonds is 6. The van der Waals surface area contributed by atoms with Gasteiger partial charge >= 0.3 is 0 Å². The molecule has 1 saturated heterocycles. The van der Waals surface area contributed by atoms with Crippen molar-refractivity contribution in [1.29, 1.82) is 0 Å². The summed E-state index contributed by atoms with van der Waals surface area (Å²) in [6.45, 7) is 4.26. The Balaban J connectivity index is 2.05. The van der Waals surface area contributed by atoms with Crippen LogP contribution in [0.25, 0.3) is 0 Å². The van der Waals surface area contributed by atoms with Gasteiger partial charge in [0.15, 0.2) is 0 Å². The standard InChI is InChI=1S/C17H27N3O/c1-2-3-5-8-17(21)19-15-13-14(18)9-10-16(15)20-11-6-4-7-12-20/h9-10,13H,2-8,11-12,18H2,1H3,(H,19,21). The van der Waals surface area contributed by atoms with E-state index in [-0.39, 0.29) is 5.91 Å². The molecule has 2 rings (SSSR count). The van der Waals surface area contributed by atoms with Gasteiger partial charge in [-0.1, -0.05) is 19.8 Å². The average Bonchev–Trinajstić information content (AvgIpc) is 2.48. The summed E-state index contributed by atoms with van der Waals surface area (Å²) in [7, 11) is 0. The number of unbranched alkanes of at least 4 members (excludes halogenated alkanes) is 2. The number of nitrogens with two attached hydrogens (primary N) is 1. The SMILES string of the molecule is CCCCCC(=O)Nc1cc(N)ccc1N1CCCCC1. The largest absolute Gasteiger partial charge is 0.399 e. The second kappa shape index (κ2) is 7.91. The molecule has 0 atom stereocenters. The lowest BCUT2D eigenvalue weighted by molar-refractivity contribution is -0.116. The van der Waals surface area contributed by atoms with Crippen molar-refractivity contribution in [3.63, 3.8) is 0 Å². The van der Waals surface area contributed by atoms with Crippen molar-refractivity contribution in [3.05, 3.63) is 18.2 Å². The average molecular weight is 289 g/mol. The minimum atomic E-state index is 0.0901. The fourth-order valence-electron chi connectivity index (χ4n) is 2.81. The number of hydrogen-bond acceptors (Lipinski definition) is 3. The van der Waals surface area contributed by atoms with Gasteiger partial charge < -0.3 is 16.0 Å². The zero-order valence-electron chi connectivity index (χ0n) is 13.0. The molecule has 116 valence electrons. The molecule has 4 nitrogen and oxygen atoms in total. The van der Waals surface area contributed by atoms with Crippen LogP contribution in [-0.4, -0.2) is 19.0 Å². The number of carbonyl (C=O) groups excluding carboxylic acids is 1. The molecule has 1 aliphatic rings. The third-order valence-corrected chi connectivity index (χ3v) is 4.00. The third-order valence-electron chi connectivity index (χ3n) is 4.00. The zero-order valence-corrected chi connectivity index (χ0v) is 13.0. The summed E-state index contributed by atoms with van der Waals surface area (Å²) in [4.78, 5) is 14.4. The number of nitrogens with zero attached hydrogens (tertiary/aromatic N) is 1. The number of nitrogens with one attached hydrogen (secondary N) is 1. The van der Waals surface area contributed by atoms with E-state index in [1.165, 1.54) is 19.3 Å². The maximum Gasteiger partial charge on any atom is 0.224 e. The predicted octanol–water partition coefficient (Wildman–Crippen LogP) is 3.78. The van der Waals surface area contributed by atoms with Crippen molar-refractivity contribution in [1.82, 2.24) is 0 Å². The molecule has 0 radical (unpaired) electrons. The lowest BCUT2D eigenvalue weighted by Crippen LogP contribution is -2.30. The highest BCUT2D eigenvalue weighted by atomic mass is 16.1. The first-order valence-corrected chi connectivity index (χ1v) is 8.15. The number of piperidine rings is 1. The summed E-state index contributed by atoms with van der Waals surface area (Å²) >= 11 is 0. The molecule has 4 heteroatoms.